The molecule has 2 rings (SSSR count). The van der Waals surface area contributed by atoms with Gasteiger partial charge in [0.1, 0.15) is 5.75 Å². The Bertz CT molecular complexity index is 342. The normalized spacial score (nSPS) is 22.8. The lowest BCUT2D eigenvalue weighted by Gasteiger charge is -2.09. The summed E-state index contributed by atoms with van der Waals surface area (Å²) in [6, 6.07) is 8.42. The standard InChI is InChI=1S/C15H22O2/c1-4-14-15(17-14)10-7-12-5-8-13(9-6-12)16-11(2)3/h5-6,8-9,11,14-15H,4,7,10H2,1-3H3. The van der Waals surface area contributed by atoms with Crippen LogP contribution < -0.4 is 4.74 Å². The topological polar surface area (TPSA) is 21.8 Å². The molecule has 94 valence electrons. The molecule has 0 aliphatic carbocycles. The minimum absolute atomic E-state index is 0.242. The maximum Gasteiger partial charge on any atom is 0.119 e. The molecule has 1 aliphatic heterocycles. The molecular weight excluding hydrogens is 212 g/mol. The Morgan fingerprint density at radius 2 is 1.88 bits per heavy atom. The number of hydrogen-bond acceptors (Lipinski definition) is 2. The monoisotopic (exact) mass is 234 g/mol. The van der Waals surface area contributed by atoms with Crippen molar-refractivity contribution in [1.29, 1.82) is 0 Å². The Hall–Kier alpha value is -1.02. The SMILES string of the molecule is CCC1OC1CCc1ccc(OC(C)C)cc1. The molecule has 1 aromatic rings. The Kier molecular flexibility index (Phi) is 4.06. The zero-order chi connectivity index (χ0) is 12.3. The van der Waals surface area contributed by atoms with Gasteiger partial charge in [-0.3, -0.25) is 0 Å². The van der Waals surface area contributed by atoms with Gasteiger partial charge in [0.05, 0.1) is 18.3 Å². The Labute approximate surface area is 104 Å². The molecule has 2 heteroatoms. The molecule has 0 spiro atoms. The summed E-state index contributed by atoms with van der Waals surface area (Å²) in [7, 11) is 0. The molecule has 1 aliphatic rings. The molecular formula is C15H22O2. The summed E-state index contributed by atoms with van der Waals surface area (Å²) < 4.78 is 11.2. The number of hydrogen-bond donors (Lipinski definition) is 0. The van der Waals surface area contributed by atoms with Crippen LogP contribution >= 0.6 is 0 Å². The second-order valence-corrected chi connectivity index (χ2v) is 4.97. The van der Waals surface area contributed by atoms with Crippen molar-refractivity contribution in [3.05, 3.63) is 29.8 Å². The van der Waals surface area contributed by atoms with Crippen LogP contribution in [0.5, 0.6) is 5.75 Å². The first-order valence-corrected chi connectivity index (χ1v) is 6.60. The number of ether oxygens (including phenoxy) is 2. The molecule has 0 amide bonds. The molecule has 1 heterocycles. The Morgan fingerprint density at radius 3 is 2.41 bits per heavy atom. The summed E-state index contributed by atoms with van der Waals surface area (Å²) in [5, 5.41) is 0. The number of benzene rings is 1. The highest BCUT2D eigenvalue weighted by molar-refractivity contribution is 5.27. The van der Waals surface area contributed by atoms with Crippen LogP contribution in [0.15, 0.2) is 24.3 Å². The molecule has 1 aromatic carbocycles. The smallest absolute Gasteiger partial charge is 0.119 e. The highest BCUT2D eigenvalue weighted by Gasteiger charge is 2.35. The van der Waals surface area contributed by atoms with Gasteiger partial charge in [-0.25, -0.2) is 0 Å². The van der Waals surface area contributed by atoms with E-state index < -0.39 is 0 Å². The van der Waals surface area contributed by atoms with Gasteiger partial charge in [0.15, 0.2) is 0 Å². The molecule has 0 saturated carbocycles. The second kappa shape index (κ2) is 5.54. The van der Waals surface area contributed by atoms with E-state index in [1.807, 2.05) is 13.8 Å². The van der Waals surface area contributed by atoms with Crippen molar-refractivity contribution in [1.82, 2.24) is 0 Å². The molecule has 2 nitrogen and oxygen atoms in total. The summed E-state index contributed by atoms with van der Waals surface area (Å²) in [5.41, 5.74) is 1.37. The molecule has 17 heavy (non-hydrogen) atoms. The van der Waals surface area contributed by atoms with E-state index in [-0.39, 0.29) is 6.10 Å². The average Bonchev–Trinajstić information content (AvgIpc) is 3.06. The van der Waals surface area contributed by atoms with Gasteiger partial charge in [-0.05, 0) is 50.8 Å². The van der Waals surface area contributed by atoms with E-state index in [1.54, 1.807) is 0 Å². The van der Waals surface area contributed by atoms with Gasteiger partial charge >= 0.3 is 0 Å². The van der Waals surface area contributed by atoms with E-state index in [4.69, 9.17) is 9.47 Å². The van der Waals surface area contributed by atoms with Crippen LogP contribution in [0.2, 0.25) is 0 Å². The minimum Gasteiger partial charge on any atom is -0.491 e. The van der Waals surface area contributed by atoms with Crippen LogP contribution in [-0.4, -0.2) is 18.3 Å². The van der Waals surface area contributed by atoms with Gasteiger partial charge < -0.3 is 9.47 Å². The van der Waals surface area contributed by atoms with Crippen molar-refractivity contribution in [3.8, 4) is 5.75 Å². The third-order valence-corrected chi connectivity index (χ3v) is 3.10. The van der Waals surface area contributed by atoms with E-state index in [0.29, 0.717) is 12.2 Å². The van der Waals surface area contributed by atoms with Crippen molar-refractivity contribution in [2.24, 2.45) is 0 Å². The van der Waals surface area contributed by atoms with E-state index in [0.717, 1.165) is 25.0 Å². The van der Waals surface area contributed by atoms with Crippen LogP contribution in [0.25, 0.3) is 0 Å². The van der Waals surface area contributed by atoms with E-state index >= 15 is 0 Å². The van der Waals surface area contributed by atoms with E-state index in [9.17, 15) is 0 Å². The van der Waals surface area contributed by atoms with Crippen LogP contribution in [0.4, 0.5) is 0 Å². The van der Waals surface area contributed by atoms with Gasteiger partial charge in [-0.15, -0.1) is 0 Å². The lowest BCUT2D eigenvalue weighted by molar-refractivity contribution is 0.242. The van der Waals surface area contributed by atoms with Crippen LogP contribution in [-0.2, 0) is 11.2 Å². The summed E-state index contributed by atoms with van der Waals surface area (Å²) in [6.07, 6.45) is 4.66. The van der Waals surface area contributed by atoms with Gasteiger partial charge in [-0.2, -0.15) is 0 Å². The summed E-state index contributed by atoms with van der Waals surface area (Å²) in [4.78, 5) is 0. The number of epoxide rings is 1. The van der Waals surface area contributed by atoms with Crippen molar-refractivity contribution in [3.63, 3.8) is 0 Å². The van der Waals surface area contributed by atoms with Gasteiger partial charge in [-0.1, -0.05) is 19.1 Å². The zero-order valence-electron chi connectivity index (χ0n) is 11.0. The third-order valence-electron chi connectivity index (χ3n) is 3.10. The van der Waals surface area contributed by atoms with Crippen molar-refractivity contribution < 1.29 is 9.47 Å². The molecule has 2 atom stereocenters. The summed E-state index contributed by atoms with van der Waals surface area (Å²) in [5.74, 6) is 0.956. The highest BCUT2D eigenvalue weighted by Crippen LogP contribution is 2.29. The van der Waals surface area contributed by atoms with E-state index in [1.165, 1.54) is 5.56 Å². The zero-order valence-corrected chi connectivity index (χ0v) is 11.0. The highest BCUT2D eigenvalue weighted by atomic mass is 16.6. The lowest BCUT2D eigenvalue weighted by atomic mass is 10.1. The molecule has 0 aromatic heterocycles. The maximum absolute atomic E-state index is 5.62. The first-order chi connectivity index (χ1) is 8.19. The molecule has 0 N–H and O–H groups in total. The predicted octanol–water partition coefficient (Wildman–Crippen LogP) is 3.58. The number of aryl methyl sites for hydroxylation is 1. The average molecular weight is 234 g/mol. The quantitative estimate of drug-likeness (QED) is 0.702. The fraction of sp³-hybridized carbons (Fsp3) is 0.600. The summed E-state index contributed by atoms with van der Waals surface area (Å²) >= 11 is 0. The fourth-order valence-electron chi connectivity index (χ4n) is 2.11. The maximum atomic E-state index is 5.62. The third kappa shape index (κ3) is 3.74. The van der Waals surface area contributed by atoms with Crippen LogP contribution in [0.1, 0.15) is 39.2 Å². The molecule has 2 unspecified atom stereocenters. The van der Waals surface area contributed by atoms with Crippen molar-refractivity contribution in [2.75, 3.05) is 0 Å². The number of rotatable bonds is 6. The van der Waals surface area contributed by atoms with Gasteiger partial charge in [0.2, 0.25) is 0 Å². The van der Waals surface area contributed by atoms with E-state index in [2.05, 4.69) is 31.2 Å². The van der Waals surface area contributed by atoms with Crippen LogP contribution in [0.3, 0.4) is 0 Å². The lowest BCUT2D eigenvalue weighted by Crippen LogP contribution is -2.05. The largest absolute Gasteiger partial charge is 0.491 e. The molecule has 0 radical (unpaired) electrons. The van der Waals surface area contributed by atoms with Crippen molar-refractivity contribution >= 4 is 0 Å². The Morgan fingerprint density at radius 1 is 1.18 bits per heavy atom. The first kappa shape index (κ1) is 12.4. The molecule has 1 fully saturated rings. The van der Waals surface area contributed by atoms with Gasteiger partial charge in [0.25, 0.3) is 0 Å². The minimum atomic E-state index is 0.242. The second-order valence-electron chi connectivity index (χ2n) is 4.97. The first-order valence-electron chi connectivity index (χ1n) is 6.60. The fourth-order valence-corrected chi connectivity index (χ4v) is 2.11. The molecule has 0 bridgehead atoms. The van der Waals surface area contributed by atoms with Crippen molar-refractivity contribution in [2.45, 2.75) is 58.3 Å². The Balaban J connectivity index is 1.78. The summed E-state index contributed by atoms with van der Waals surface area (Å²) in [6.45, 7) is 6.27. The predicted molar refractivity (Wildman–Crippen MR) is 69.5 cm³/mol. The van der Waals surface area contributed by atoms with Crippen LogP contribution in [0, 0.1) is 0 Å². The molecule has 1 saturated heterocycles. The van der Waals surface area contributed by atoms with Gasteiger partial charge in [0, 0.05) is 0 Å².